The number of aromatic nitrogens is 4. The summed E-state index contributed by atoms with van der Waals surface area (Å²) in [6, 6.07) is 14.3. The van der Waals surface area contributed by atoms with Crippen LogP contribution in [0.1, 0.15) is 26.7 Å². The monoisotopic (exact) mass is 598 g/mol. The van der Waals surface area contributed by atoms with E-state index in [0.717, 1.165) is 52.8 Å². The van der Waals surface area contributed by atoms with Crippen LogP contribution < -0.4 is 0 Å². The number of benzene rings is 2. The second-order valence-corrected chi connectivity index (χ2v) is 8.33. The molecule has 0 saturated heterocycles. The minimum Gasteiger partial charge on any atom is -0.443 e. The quantitative estimate of drug-likeness (QED) is 0.245. The minimum absolute atomic E-state index is 0. The maximum Gasteiger partial charge on any atom is 0.137 e. The Balaban J connectivity index is 0.000000990. The van der Waals surface area contributed by atoms with E-state index in [1.54, 1.807) is 0 Å². The molecule has 0 bridgehead atoms. The van der Waals surface area contributed by atoms with Crippen molar-refractivity contribution in [2.45, 2.75) is 33.2 Å². The molecule has 36 heavy (non-hydrogen) atoms. The van der Waals surface area contributed by atoms with Gasteiger partial charge >= 0.3 is 0 Å². The Hall–Kier alpha value is -2.82. The fraction of sp³-hybridized carbons (Fsp3) is 0.161. The maximum atomic E-state index is 4.75. The molecule has 5 heteroatoms. The predicted molar refractivity (Wildman–Crippen MR) is 146 cm³/mol. The first-order valence-corrected chi connectivity index (χ1v) is 12.3. The number of aromatic amines is 1. The van der Waals surface area contributed by atoms with Crippen molar-refractivity contribution in [1.29, 1.82) is 0 Å². The van der Waals surface area contributed by atoms with E-state index in [9.17, 15) is 0 Å². The number of imidazole rings is 2. The van der Waals surface area contributed by atoms with Gasteiger partial charge in [-0.25, -0.2) is 4.98 Å². The molecular formula is C31H29N4Pr-. The summed E-state index contributed by atoms with van der Waals surface area (Å²) in [5.74, 6) is 0.866. The number of hydrogen-bond acceptors (Lipinski definition) is 2. The fourth-order valence-corrected chi connectivity index (χ4v) is 4.32. The molecule has 2 aliphatic rings. The average Bonchev–Trinajstić information content (AvgIpc) is 3.29. The third kappa shape index (κ3) is 5.77. The van der Waals surface area contributed by atoms with Crippen molar-refractivity contribution in [2.24, 2.45) is 0 Å². The van der Waals surface area contributed by atoms with Gasteiger partial charge in [-0.3, -0.25) is 0 Å². The zero-order valence-corrected chi connectivity index (χ0v) is 24.5. The molecule has 0 unspecified atom stereocenters. The van der Waals surface area contributed by atoms with Gasteiger partial charge in [0, 0.05) is 59.7 Å². The van der Waals surface area contributed by atoms with E-state index in [4.69, 9.17) is 4.98 Å². The second kappa shape index (κ2) is 12.4. The molecule has 2 aromatic heterocycles. The summed E-state index contributed by atoms with van der Waals surface area (Å²) >= 11 is 0. The van der Waals surface area contributed by atoms with Gasteiger partial charge in [-0.15, -0.1) is 6.07 Å². The Bertz CT molecular complexity index is 1510. The van der Waals surface area contributed by atoms with Crippen LogP contribution in [0.3, 0.4) is 0 Å². The van der Waals surface area contributed by atoms with E-state index in [0.29, 0.717) is 0 Å². The molecule has 4 nitrogen and oxygen atoms in total. The van der Waals surface area contributed by atoms with Gasteiger partial charge in [-0.05, 0) is 41.7 Å². The van der Waals surface area contributed by atoms with Crippen LogP contribution in [0.5, 0.6) is 0 Å². The first kappa shape index (κ1) is 26.3. The number of fused-ring (bicyclic) bond motifs is 2. The summed E-state index contributed by atoms with van der Waals surface area (Å²) in [5.41, 5.74) is 8.87. The first-order chi connectivity index (χ1) is 17.3. The summed E-state index contributed by atoms with van der Waals surface area (Å²) in [6.45, 7) is 4.72. The molecule has 1 radical (unpaired) electrons. The van der Waals surface area contributed by atoms with Crippen LogP contribution in [-0.4, -0.2) is 19.5 Å². The van der Waals surface area contributed by atoms with Crippen LogP contribution in [0.25, 0.3) is 33.5 Å². The minimum atomic E-state index is 0. The van der Waals surface area contributed by atoms with Crippen molar-refractivity contribution in [3.05, 3.63) is 120 Å². The Morgan fingerprint density at radius 2 is 1.83 bits per heavy atom. The zero-order chi connectivity index (χ0) is 24.0. The van der Waals surface area contributed by atoms with Gasteiger partial charge < -0.3 is 14.5 Å². The molecule has 2 heterocycles. The maximum absolute atomic E-state index is 4.75. The number of H-pyrrole nitrogens is 1. The molecule has 0 saturated carbocycles. The average molecular weight is 599 g/mol. The van der Waals surface area contributed by atoms with E-state index >= 15 is 0 Å². The van der Waals surface area contributed by atoms with Crippen molar-refractivity contribution in [1.82, 2.24) is 19.5 Å². The van der Waals surface area contributed by atoms with Crippen LogP contribution in [0.2, 0.25) is 0 Å². The van der Waals surface area contributed by atoms with Gasteiger partial charge in [0.2, 0.25) is 0 Å². The van der Waals surface area contributed by atoms with E-state index in [1.807, 2.05) is 44.2 Å². The number of nitrogens with zero attached hydrogens (tertiary/aromatic N) is 3. The summed E-state index contributed by atoms with van der Waals surface area (Å²) in [4.78, 5) is 12.7. The molecule has 0 amide bonds. The third-order valence-electron chi connectivity index (χ3n) is 6.08. The Kier molecular flexibility index (Phi) is 9.06. The molecule has 1 N–H and O–H groups in total. The van der Waals surface area contributed by atoms with E-state index in [-0.39, 0.29) is 41.3 Å². The third-order valence-corrected chi connectivity index (χ3v) is 6.08. The molecule has 177 valence electrons. The molecule has 0 aliphatic heterocycles. The van der Waals surface area contributed by atoms with Crippen molar-refractivity contribution in [2.75, 3.05) is 0 Å². The number of hydrogen-bond donors (Lipinski definition) is 1. The van der Waals surface area contributed by atoms with Crippen molar-refractivity contribution in [3.63, 3.8) is 0 Å². The van der Waals surface area contributed by atoms with Crippen LogP contribution in [0, 0.1) is 47.6 Å². The largest absolute Gasteiger partial charge is 0.443 e. The topological polar surface area (TPSA) is 46.5 Å². The van der Waals surface area contributed by atoms with Gasteiger partial charge in [0.15, 0.2) is 0 Å². The van der Waals surface area contributed by atoms with Crippen LogP contribution >= 0.6 is 0 Å². The second-order valence-electron chi connectivity index (χ2n) is 8.33. The number of nitrogens with one attached hydrogen (secondary N) is 1. The molecular weight excluding hydrogens is 569 g/mol. The zero-order valence-electron chi connectivity index (χ0n) is 20.8. The Labute approximate surface area is 245 Å². The van der Waals surface area contributed by atoms with Crippen molar-refractivity contribution in [3.8, 4) is 11.4 Å². The Morgan fingerprint density at radius 3 is 2.72 bits per heavy atom. The van der Waals surface area contributed by atoms with Gasteiger partial charge in [-0.1, -0.05) is 104 Å². The molecule has 0 spiro atoms. The van der Waals surface area contributed by atoms with Gasteiger partial charge in [0.25, 0.3) is 0 Å². The number of para-hydroxylation sites is 2. The molecule has 0 atom stereocenters. The van der Waals surface area contributed by atoms with E-state index < -0.39 is 0 Å². The number of allylic oxidation sites excluding steroid dienone is 12. The molecule has 2 aliphatic carbocycles. The van der Waals surface area contributed by atoms with Gasteiger partial charge in [0.05, 0.1) is 11.0 Å². The molecule has 2 aromatic carbocycles. The predicted octanol–water partition coefficient (Wildman–Crippen LogP) is 7.66. The molecule has 0 fully saturated rings. The first-order valence-electron chi connectivity index (χ1n) is 12.3. The standard InChI is InChI=1S/C29H23N4.C2H6.Pr/c1-2-4-10-22(9-3-1)23-11-7-8-21(14-15-23)19-33-20-30-27-17-16-24(18-28(27)33)29-31-25-12-5-6-13-26(25)32-29;1-2;/h1,3-10,12-18H,2,11,19H2,(H,31,32);1-2H3;/q-1;;. The van der Waals surface area contributed by atoms with Crippen molar-refractivity contribution >= 4 is 22.1 Å². The van der Waals surface area contributed by atoms with Crippen molar-refractivity contribution < 1.29 is 41.3 Å². The summed E-state index contributed by atoms with van der Waals surface area (Å²) in [7, 11) is 0. The SMILES string of the molecule is CC.[Pr].[c-]1nc2ccc(-c3nc4ccccc4[nH]3)cc2n1CC1=CC=C(C2=CC=CCC=C2)CC=C1. The summed E-state index contributed by atoms with van der Waals surface area (Å²) in [6.07, 6.45) is 24.9. The smallest absolute Gasteiger partial charge is 0.137 e. The van der Waals surface area contributed by atoms with E-state index in [1.165, 1.54) is 16.7 Å². The fourth-order valence-electron chi connectivity index (χ4n) is 4.32. The van der Waals surface area contributed by atoms with Gasteiger partial charge in [0.1, 0.15) is 5.82 Å². The van der Waals surface area contributed by atoms with Crippen LogP contribution in [0.4, 0.5) is 0 Å². The summed E-state index contributed by atoms with van der Waals surface area (Å²) in [5, 5.41) is 0. The normalized spacial score (nSPS) is 14.8. The van der Waals surface area contributed by atoms with Gasteiger partial charge in [-0.2, -0.15) is 0 Å². The van der Waals surface area contributed by atoms with Crippen LogP contribution in [0.15, 0.2) is 114 Å². The van der Waals surface area contributed by atoms with Crippen LogP contribution in [-0.2, 0) is 6.54 Å². The van der Waals surface area contributed by atoms with E-state index in [2.05, 4.69) is 87.7 Å². The Morgan fingerprint density at radius 1 is 0.944 bits per heavy atom. The molecule has 4 aromatic rings. The molecule has 6 rings (SSSR count). The summed E-state index contributed by atoms with van der Waals surface area (Å²) < 4.78 is 2.09. The number of rotatable bonds is 4.